The van der Waals surface area contributed by atoms with E-state index in [2.05, 4.69) is 0 Å². The van der Waals surface area contributed by atoms with Crippen LogP contribution < -0.4 is 0 Å². The van der Waals surface area contributed by atoms with Gasteiger partial charge in [-0.25, -0.2) is 4.79 Å². The van der Waals surface area contributed by atoms with Crippen molar-refractivity contribution in [1.82, 2.24) is 4.90 Å². The van der Waals surface area contributed by atoms with E-state index in [1.807, 2.05) is 30.3 Å². The summed E-state index contributed by atoms with van der Waals surface area (Å²) in [7, 11) is 0. The first kappa shape index (κ1) is 21.5. The number of hydrogen-bond donors (Lipinski definition) is 0. The van der Waals surface area contributed by atoms with E-state index >= 15 is 0 Å². The molecule has 32 heavy (non-hydrogen) atoms. The van der Waals surface area contributed by atoms with E-state index in [-0.39, 0.29) is 23.2 Å². The monoisotopic (exact) mass is 447 g/mol. The van der Waals surface area contributed by atoms with Crippen molar-refractivity contribution in [2.75, 3.05) is 0 Å². The Morgan fingerprint density at radius 3 is 2.31 bits per heavy atom. The lowest BCUT2D eigenvalue weighted by Crippen LogP contribution is -2.29. The van der Waals surface area contributed by atoms with Crippen LogP contribution >= 0.6 is 11.6 Å². The summed E-state index contributed by atoms with van der Waals surface area (Å²) in [4.78, 5) is 51.8. The van der Waals surface area contributed by atoms with E-state index in [4.69, 9.17) is 16.3 Å². The van der Waals surface area contributed by atoms with Gasteiger partial charge in [-0.15, -0.1) is 0 Å². The number of ether oxygens (including phenoxy) is 1. The van der Waals surface area contributed by atoms with Gasteiger partial charge in [0.1, 0.15) is 0 Å². The number of hydrogen-bond acceptors (Lipinski definition) is 5. The number of carbonyl (C=O) groups excluding carboxylic acids is 4. The molecule has 0 N–H and O–H groups in total. The highest BCUT2D eigenvalue weighted by Gasteiger charge is 2.36. The molecule has 1 aliphatic heterocycles. The van der Waals surface area contributed by atoms with Crippen molar-refractivity contribution in [2.45, 2.75) is 19.6 Å². The molecule has 2 amide bonds. The van der Waals surface area contributed by atoms with Crippen LogP contribution in [0.15, 0.2) is 72.8 Å². The minimum atomic E-state index is -1.05. The van der Waals surface area contributed by atoms with Gasteiger partial charge >= 0.3 is 5.97 Å². The number of fused-ring (bicyclic) bond motifs is 1. The third-order valence-electron chi connectivity index (χ3n) is 5.15. The Balaban J connectivity index is 1.50. The lowest BCUT2D eigenvalue weighted by atomic mass is 10.1. The lowest BCUT2D eigenvalue weighted by Gasteiger charge is -2.13. The van der Waals surface area contributed by atoms with Crippen LogP contribution in [0.1, 0.15) is 53.9 Å². The highest BCUT2D eigenvalue weighted by Crippen LogP contribution is 2.26. The number of ketones is 1. The maximum Gasteiger partial charge on any atom is 0.338 e. The molecule has 0 aromatic heterocycles. The topological polar surface area (TPSA) is 80.8 Å². The number of imide groups is 1. The van der Waals surface area contributed by atoms with Crippen molar-refractivity contribution >= 4 is 35.2 Å². The SMILES string of the molecule is C[C@H](OC(=O)c1ccc2c(c1)C(=O)N(Cc1ccccc1)C2=O)C(=O)c1cccc(Cl)c1. The van der Waals surface area contributed by atoms with Crippen molar-refractivity contribution in [3.63, 3.8) is 0 Å². The molecule has 1 aliphatic rings. The fourth-order valence-corrected chi connectivity index (χ4v) is 3.68. The van der Waals surface area contributed by atoms with Gasteiger partial charge in [0.05, 0.1) is 23.2 Å². The Kier molecular flexibility index (Phi) is 5.88. The fourth-order valence-electron chi connectivity index (χ4n) is 3.49. The summed E-state index contributed by atoms with van der Waals surface area (Å²) in [6.07, 6.45) is -1.05. The first-order valence-corrected chi connectivity index (χ1v) is 10.3. The molecule has 0 bridgehead atoms. The minimum Gasteiger partial charge on any atom is -0.451 e. The van der Waals surface area contributed by atoms with Crippen LogP contribution in [0.5, 0.6) is 0 Å². The van der Waals surface area contributed by atoms with Gasteiger partial charge in [0.2, 0.25) is 5.78 Å². The molecule has 0 saturated heterocycles. The normalized spacial score (nSPS) is 13.6. The minimum absolute atomic E-state index is 0.0807. The van der Waals surface area contributed by atoms with Crippen LogP contribution in [0.2, 0.25) is 5.02 Å². The third-order valence-corrected chi connectivity index (χ3v) is 5.39. The molecule has 1 heterocycles. The predicted octanol–water partition coefficient (Wildman–Crippen LogP) is 4.56. The maximum absolute atomic E-state index is 12.8. The smallest absolute Gasteiger partial charge is 0.338 e. The summed E-state index contributed by atoms with van der Waals surface area (Å²) in [5, 5.41) is 0.399. The van der Waals surface area contributed by atoms with Gasteiger partial charge in [0, 0.05) is 10.6 Å². The lowest BCUT2D eigenvalue weighted by molar-refractivity contribution is 0.0318. The number of halogens is 1. The number of rotatable bonds is 6. The highest BCUT2D eigenvalue weighted by molar-refractivity contribution is 6.31. The van der Waals surface area contributed by atoms with Crippen LogP contribution in [0, 0.1) is 0 Å². The van der Waals surface area contributed by atoms with Gasteiger partial charge in [-0.05, 0) is 42.8 Å². The van der Waals surface area contributed by atoms with Crippen molar-refractivity contribution in [3.8, 4) is 0 Å². The molecule has 7 heteroatoms. The second kappa shape index (κ2) is 8.77. The Morgan fingerprint density at radius 1 is 0.875 bits per heavy atom. The van der Waals surface area contributed by atoms with E-state index in [0.29, 0.717) is 10.6 Å². The number of Topliss-reactive ketones (excluding diaryl/α,β-unsaturated/α-hetero) is 1. The van der Waals surface area contributed by atoms with Crippen molar-refractivity contribution in [1.29, 1.82) is 0 Å². The Labute approximate surface area is 189 Å². The molecule has 6 nitrogen and oxygen atoms in total. The largest absolute Gasteiger partial charge is 0.451 e. The summed E-state index contributed by atoms with van der Waals surface area (Å²) < 4.78 is 5.30. The molecule has 3 aromatic carbocycles. The number of nitrogens with zero attached hydrogens (tertiary/aromatic N) is 1. The van der Waals surface area contributed by atoms with Crippen LogP contribution in [0.3, 0.4) is 0 Å². The summed E-state index contributed by atoms with van der Waals surface area (Å²) >= 11 is 5.91. The summed E-state index contributed by atoms with van der Waals surface area (Å²) in [6.45, 7) is 1.60. The van der Waals surface area contributed by atoms with Crippen LogP contribution in [-0.4, -0.2) is 34.6 Å². The Hall–Kier alpha value is -3.77. The zero-order valence-corrected chi connectivity index (χ0v) is 17.8. The Bertz CT molecular complexity index is 1240. The summed E-state index contributed by atoms with van der Waals surface area (Å²) in [5.41, 5.74) is 1.58. The van der Waals surface area contributed by atoms with E-state index in [1.165, 1.54) is 31.2 Å². The number of carbonyl (C=O) groups is 4. The number of esters is 1. The second-order valence-corrected chi connectivity index (χ2v) is 7.80. The quantitative estimate of drug-likeness (QED) is 0.314. The van der Waals surface area contributed by atoms with E-state index < -0.39 is 29.7 Å². The first-order chi connectivity index (χ1) is 15.3. The zero-order chi connectivity index (χ0) is 22.8. The average molecular weight is 448 g/mol. The molecule has 160 valence electrons. The van der Waals surface area contributed by atoms with Crippen LogP contribution in [-0.2, 0) is 11.3 Å². The molecular weight excluding hydrogens is 430 g/mol. The van der Waals surface area contributed by atoms with Gasteiger partial charge < -0.3 is 4.74 Å². The van der Waals surface area contributed by atoms with Gasteiger partial charge in [0.25, 0.3) is 11.8 Å². The van der Waals surface area contributed by atoms with Gasteiger partial charge in [-0.3, -0.25) is 19.3 Å². The fraction of sp³-hybridized carbons (Fsp3) is 0.120. The first-order valence-electron chi connectivity index (χ1n) is 9.90. The average Bonchev–Trinajstić information content (AvgIpc) is 3.03. The molecule has 0 spiro atoms. The van der Waals surface area contributed by atoms with Gasteiger partial charge in [0.15, 0.2) is 6.10 Å². The van der Waals surface area contributed by atoms with E-state index in [1.54, 1.807) is 18.2 Å². The standard InChI is InChI=1S/C25H18ClNO5/c1-15(22(28)17-8-5-9-19(26)12-17)32-25(31)18-10-11-20-21(13-18)24(30)27(23(20)29)14-16-6-3-2-4-7-16/h2-13,15H,14H2,1H3/t15-/m0/s1. The molecule has 3 aromatic rings. The summed E-state index contributed by atoms with van der Waals surface area (Å²) in [5.74, 6) is -2.07. The molecular formula is C25H18ClNO5. The van der Waals surface area contributed by atoms with E-state index in [9.17, 15) is 19.2 Å². The molecule has 0 aliphatic carbocycles. The number of amides is 2. The summed E-state index contributed by atoms with van der Waals surface area (Å²) in [6, 6.07) is 19.7. The van der Waals surface area contributed by atoms with E-state index in [0.717, 1.165) is 10.5 Å². The zero-order valence-electron chi connectivity index (χ0n) is 17.1. The molecule has 0 unspecified atom stereocenters. The third kappa shape index (κ3) is 4.18. The maximum atomic E-state index is 12.8. The molecule has 0 fully saturated rings. The predicted molar refractivity (Wildman–Crippen MR) is 118 cm³/mol. The molecule has 0 saturated carbocycles. The Morgan fingerprint density at radius 2 is 1.59 bits per heavy atom. The molecule has 1 atom stereocenters. The van der Waals surface area contributed by atoms with Crippen LogP contribution in [0.25, 0.3) is 0 Å². The van der Waals surface area contributed by atoms with Crippen molar-refractivity contribution in [3.05, 3.63) is 106 Å². The highest BCUT2D eigenvalue weighted by atomic mass is 35.5. The van der Waals surface area contributed by atoms with Crippen LogP contribution in [0.4, 0.5) is 0 Å². The molecule has 4 rings (SSSR count). The van der Waals surface area contributed by atoms with Gasteiger partial charge in [-0.1, -0.05) is 54.1 Å². The van der Waals surface area contributed by atoms with Crippen molar-refractivity contribution in [2.24, 2.45) is 0 Å². The number of benzene rings is 3. The molecule has 0 radical (unpaired) electrons. The van der Waals surface area contributed by atoms with Crippen molar-refractivity contribution < 1.29 is 23.9 Å². The second-order valence-electron chi connectivity index (χ2n) is 7.36. The van der Waals surface area contributed by atoms with Gasteiger partial charge in [-0.2, -0.15) is 0 Å².